The van der Waals surface area contributed by atoms with E-state index in [4.69, 9.17) is 0 Å². The van der Waals surface area contributed by atoms with Gasteiger partial charge in [0.15, 0.2) is 0 Å². The lowest BCUT2D eigenvalue weighted by atomic mass is 9.95. The van der Waals surface area contributed by atoms with Crippen molar-refractivity contribution in [2.75, 3.05) is 26.2 Å². The van der Waals surface area contributed by atoms with Crippen molar-refractivity contribution in [1.29, 1.82) is 0 Å². The van der Waals surface area contributed by atoms with Crippen molar-refractivity contribution in [3.05, 3.63) is 0 Å². The van der Waals surface area contributed by atoms with Crippen molar-refractivity contribution >= 4 is 5.91 Å². The van der Waals surface area contributed by atoms with E-state index in [2.05, 4.69) is 19.2 Å². The number of hydrogen-bond donors (Lipinski definition) is 1. The van der Waals surface area contributed by atoms with Crippen LogP contribution in [0.2, 0.25) is 0 Å². The summed E-state index contributed by atoms with van der Waals surface area (Å²) >= 11 is 0. The zero-order chi connectivity index (χ0) is 11.8. The smallest absolute Gasteiger partial charge is 0.222 e. The highest BCUT2D eigenvalue weighted by molar-refractivity contribution is 5.76. The van der Waals surface area contributed by atoms with Gasteiger partial charge in [-0.1, -0.05) is 13.8 Å². The molecule has 94 valence electrons. The van der Waals surface area contributed by atoms with E-state index < -0.39 is 0 Å². The molecular formula is C13H26N2O. The average molecular weight is 226 g/mol. The molecule has 3 nitrogen and oxygen atoms in total. The molecule has 0 radical (unpaired) electrons. The van der Waals surface area contributed by atoms with Crippen molar-refractivity contribution in [3.63, 3.8) is 0 Å². The van der Waals surface area contributed by atoms with Gasteiger partial charge in [-0.15, -0.1) is 0 Å². The Kier molecular flexibility index (Phi) is 6.46. The van der Waals surface area contributed by atoms with E-state index in [9.17, 15) is 4.79 Å². The summed E-state index contributed by atoms with van der Waals surface area (Å²) in [5, 5.41) is 3.37. The molecule has 0 spiro atoms. The summed E-state index contributed by atoms with van der Waals surface area (Å²) in [5.41, 5.74) is 0. The maximum Gasteiger partial charge on any atom is 0.222 e. The van der Waals surface area contributed by atoms with Crippen LogP contribution < -0.4 is 5.32 Å². The number of carbonyl (C=O) groups excluding carboxylic acids is 1. The molecule has 0 saturated carbocycles. The summed E-state index contributed by atoms with van der Waals surface area (Å²) in [6.45, 7) is 8.27. The highest BCUT2D eigenvalue weighted by Crippen LogP contribution is 2.15. The molecule has 1 atom stereocenters. The van der Waals surface area contributed by atoms with Crippen LogP contribution in [0.3, 0.4) is 0 Å². The summed E-state index contributed by atoms with van der Waals surface area (Å²) < 4.78 is 0. The molecule has 3 heteroatoms. The Labute approximate surface area is 99.6 Å². The molecule has 1 heterocycles. The van der Waals surface area contributed by atoms with Crippen LogP contribution in [0.5, 0.6) is 0 Å². The van der Waals surface area contributed by atoms with Crippen molar-refractivity contribution in [2.45, 2.75) is 46.0 Å². The molecule has 1 amide bonds. The fourth-order valence-corrected chi connectivity index (χ4v) is 2.38. The highest BCUT2D eigenvalue weighted by Gasteiger charge is 2.19. The van der Waals surface area contributed by atoms with E-state index in [1.54, 1.807) is 0 Å². The SMILES string of the molecule is CCCN(CCC)C(=O)CC1CCCNC1. The van der Waals surface area contributed by atoms with Crippen LogP contribution in [0.25, 0.3) is 0 Å². The number of carbonyl (C=O) groups is 1. The van der Waals surface area contributed by atoms with E-state index in [1.165, 1.54) is 12.8 Å². The molecule has 16 heavy (non-hydrogen) atoms. The second-order valence-corrected chi connectivity index (χ2v) is 4.80. The molecular weight excluding hydrogens is 200 g/mol. The molecule has 1 fully saturated rings. The molecule has 1 saturated heterocycles. The van der Waals surface area contributed by atoms with Gasteiger partial charge in [0.2, 0.25) is 5.91 Å². The van der Waals surface area contributed by atoms with Crippen LogP contribution in [0.15, 0.2) is 0 Å². The van der Waals surface area contributed by atoms with Gasteiger partial charge in [0.1, 0.15) is 0 Å². The maximum absolute atomic E-state index is 12.1. The molecule has 1 rings (SSSR count). The molecule has 0 aliphatic carbocycles. The quantitative estimate of drug-likeness (QED) is 0.751. The lowest BCUT2D eigenvalue weighted by molar-refractivity contribution is -0.132. The van der Waals surface area contributed by atoms with Crippen molar-refractivity contribution in [2.24, 2.45) is 5.92 Å². The van der Waals surface area contributed by atoms with Crippen molar-refractivity contribution in [3.8, 4) is 0 Å². The average Bonchev–Trinajstić information content (AvgIpc) is 2.30. The van der Waals surface area contributed by atoms with Gasteiger partial charge in [-0.05, 0) is 44.7 Å². The van der Waals surface area contributed by atoms with Gasteiger partial charge in [-0.3, -0.25) is 4.79 Å². The Hall–Kier alpha value is -0.570. The van der Waals surface area contributed by atoms with E-state index in [-0.39, 0.29) is 0 Å². The van der Waals surface area contributed by atoms with Gasteiger partial charge in [0, 0.05) is 19.5 Å². The molecule has 1 unspecified atom stereocenters. The van der Waals surface area contributed by atoms with Gasteiger partial charge in [-0.2, -0.15) is 0 Å². The number of amides is 1. The lowest BCUT2D eigenvalue weighted by Crippen LogP contribution is -2.37. The minimum atomic E-state index is 0.359. The second kappa shape index (κ2) is 7.66. The fourth-order valence-electron chi connectivity index (χ4n) is 2.38. The topological polar surface area (TPSA) is 32.3 Å². The van der Waals surface area contributed by atoms with Crippen LogP contribution >= 0.6 is 0 Å². The van der Waals surface area contributed by atoms with Gasteiger partial charge in [0.25, 0.3) is 0 Å². The molecule has 1 N–H and O–H groups in total. The largest absolute Gasteiger partial charge is 0.343 e. The number of hydrogen-bond acceptors (Lipinski definition) is 2. The number of nitrogens with zero attached hydrogens (tertiary/aromatic N) is 1. The van der Waals surface area contributed by atoms with Crippen LogP contribution in [-0.2, 0) is 4.79 Å². The standard InChI is InChI=1S/C13H26N2O/c1-3-8-15(9-4-2)13(16)10-12-6-5-7-14-11-12/h12,14H,3-11H2,1-2H3. The Morgan fingerprint density at radius 3 is 2.50 bits per heavy atom. The Morgan fingerprint density at radius 2 is 2.00 bits per heavy atom. The first-order valence-electron chi connectivity index (χ1n) is 6.76. The predicted molar refractivity (Wildman–Crippen MR) is 67.4 cm³/mol. The van der Waals surface area contributed by atoms with Gasteiger partial charge in [-0.25, -0.2) is 0 Å². The van der Waals surface area contributed by atoms with E-state index in [0.29, 0.717) is 11.8 Å². The minimum absolute atomic E-state index is 0.359. The predicted octanol–water partition coefficient (Wildman–Crippen LogP) is 2.02. The highest BCUT2D eigenvalue weighted by atomic mass is 16.2. The molecule has 0 aromatic heterocycles. The Balaban J connectivity index is 2.34. The first-order chi connectivity index (χ1) is 7.77. The van der Waals surface area contributed by atoms with Gasteiger partial charge >= 0.3 is 0 Å². The van der Waals surface area contributed by atoms with Crippen LogP contribution in [0, 0.1) is 5.92 Å². The van der Waals surface area contributed by atoms with Crippen molar-refractivity contribution in [1.82, 2.24) is 10.2 Å². The monoisotopic (exact) mass is 226 g/mol. The summed E-state index contributed by atoms with van der Waals surface area (Å²) in [5.74, 6) is 0.926. The zero-order valence-corrected chi connectivity index (χ0v) is 10.8. The second-order valence-electron chi connectivity index (χ2n) is 4.80. The first-order valence-corrected chi connectivity index (χ1v) is 6.76. The van der Waals surface area contributed by atoms with Gasteiger partial charge < -0.3 is 10.2 Å². The lowest BCUT2D eigenvalue weighted by Gasteiger charge is -2.27. The summed E-state index contributed by atoms with van der Waals surface area (Å²) in [6.07, 6.45) is 5.31. The minimum Gasteiger partial charge on any atom is -0.343 e. The third-order valence-electron chi connectivity index (χ3n) is 3.20. The summed E-state index contributed by atoms with van der Waals surface area (Å²) in [6, 6.07) is 0. The van der Waals surface area contributed by atoms with Crippen molar-refractivity contribution < 1.29 is 4.79 Å². The molecule has 1 aliphatic heterocycles. The third-order valence-corrected chi connectivity index (χ3v) is 3.20. The number of rotatable bonds is 6. The van der Waals surface area contributed by atoms with E-state index in [1.807, 2.05) is 4.90 Å². The molecule has 0 bridgehead atoms. The molecule has 0 aromatic carbocycles. The third kappa shape index (κ3) is 4.52. The number of piperidine rings is 1. The van der Waals surface area contributed by atoms with Gasteiger partial charge in [0.05, 0.1) is 0 Å². The Bertz CT molecular complexity index is 194. The normalized spacial score (nSPS) is 20.8. The summed E-state index contributed by atoms with van der Waals surface area (Å²) in [7, 11) is 0. The fraction of sp³-hybridized carbons (Fsp3) is 0.923. The summed E-state index contributed by atoms with van der Waals surface area (Å²) in [4.78, 5) is 14.1. The van der Waals surface area contributed by atoms with Crippen LogP contribution in [-0.4, -0.2) is 37.0 Å². The van der Waals surface area contributed by atoms with E-state index >= 15 is 0 Å². The maximum atomic E-state index is 12.1. The van der Waals surface area contributed by atoms with E-state index in [0.717, 1.165) is 45.4 Å². The Morgan fingerprint density at radius 1 is 1.31 bits per heavy atom. The molecule has 1 aliphatic rings. The zero-order valence-electron chi connectivity index (χ0n) is 10.8. The van der Waals surface area contributed by atoms with Crippen LogP contribution in [0.1, 0.15) is 46.0 Å². The first kappa shape index (κ1) is 13.5. The molecule has 0 aromatic rings. The number of nitrogens with one attached hydrogen (secondary N) is 1. The van der Waals surface area contributed by atoms with Crippen LogP contribution in [0.4, 0.5) is 0 Å².